The van der Waals surface area contributed by atoms with E-state index < -0.39 is 11.8 Å². The Bertz CT molecular complexity index is 677. The van der Waals surface area contributed by atoms with Crippen molar-refractivity contribution in [2.45, 2.75) is 6.54 Å². The Balaban J connectivity index is 2.08. The zero-order valence-electron chi connectivity index (χ0n) is 11.1. The van der Waals surface area contributed by atoms with Crippen LogP contribution in [-0.4, -0.2) is 13.1 Å². The van der Waals surface area contributed by atoms with Crippen LogP contribution in [0.1, 0.15) is 15.9 Å². The number of carbonyl (C=O) groups excluding carboxylic acids is 1. The zero-order chi connectivity index (χ0) is 15.4. The van der Waals surface area contributed by atoms with E-state index in [1.807, 2.05) is 0 Å². The lowest BCUT2D eigenvalue weighted by Crippen LogP contribution is -2.06. The highest BCUT2D eigenvalue weighted by molar-refractivity contribution is 9.10. The summed E-state index contributed by atoms with van der Waals surface area (Å²) < 4.78 is 31.9. The summed E-state index contributed by atoms with van der Waals surface area (Å²) in [5.41, 5.74) is 1.09. The summed E-state index contributed by atoms with van der Waals surface area (Å²) >= 11 is 3.07. The van der Waals surface area contributed by atoms with Gasteiger partial charge in [-0.2, -0.15) is 0 Å². The number of nitrogens with one attached hydrogen (secondary N) is 1. The molecule has 6 heteroatoms. The van der Waals surface area contributed by atoms with Gasteiger partial charge in [0, 0.05) is 12.2 Å². The summed E-state index contributed by atoms with van der Waals surface area (Å²) in [5.74, 6) is -1.75. The molecule has 0 unspecified atom stereocenters. The number of esters is 1. The fourth-order valence-corrected chi connectivity index (χ4v) is 2.00. The van der Waals surface area contributed by atoms with Crippen LogP contribution in [0.4, 0.5) is 14.5 Å². The molecular weight excluding hydrogens is 344 g/mol. The van der Waals surface area contributed by atoms with Crippen molar-refractivity contribution in [2.75, 3.05) is 12.4 Å². The topological polar surface area (TPSA) is 38.3 Å². The monoisotopic (exact) mass is 355 g/mol. The van der Waals surface area contributed by atoms with Gasteiger partial charge in [0.05, 0.1) is 17.1 Å². The molecule has 0 fully saturated rings. The first-order chi connectivity index (χ1) is 10.0. The smallest absolute Gasteiger partial charge is 0.340 e. The van der Waals surface area contributed by atoms with Gasteiger partial charge in [-0.25, -0.2) is 13.6 Å². The highest BCUT2D eigenvalue weighted by atomic mass is 79.9. The van der Waals surface area contributed by atoms with Gasteiger partial charge in [0.2, 0.25) is 0 Å². The van der Waals surface area contributed by atoms with Crippen molar-refractivity contribution >= 4 is 27.6 Å². The number of hydrogen-bond donors (Lipinski definition) is 1. The minimum atomic E-state index is -0.720. The lowest BCUT2D eigenvalue weighted by molar-refractivity contribution is 0.0595. The van der Waals surface area contributed by atoms with Crippen LogP contribution in [0.25, 0.3) is 0 Å². The molecule has 0 aromatic heterocycles. The first-order valence-electron chi connectivity index (χ1n) is 6.07. The Morgan fingerprint density at radius 3 is 2.57 bits per heavy atom. The highest BCUT2D eigenvalue weighted by Gasteiger charge is 2.12. The van der Waals surface area contributed by atoms with Crippen LogP contribution in [-0.2, 0) is 11.3 Å². The summed E-state index contributed by atoms with van der Waals surface area (Å²) in [5, 5.41) is 2.98. The first-order valence-corrected chi connectivity index (χ1v) is 6.86. The normalized spacial score (nSPS) is 10.3. The maximum Gasteiger partial charge on any atom is 0.340 e. The quantitative estimate of drug-likeness (QED) is 0.838. The Kier molecular flexibility index (Phi) is 4.90. The Hall–Kier alpha value is -1.95. The summed E-state index contributed by atoms with van der Waals surface area (Å²) in [6, 6.07) is 8.83. The molecule has 0 aliphatic carbocycles. The average molecular weight is 356 g/mol. The molecule has 2 rings (SSSR count). The summed E-state index contributed by atoms with van der Waals surface area (Å²) in [6.07, 6.45) is 0. The lowest BCUT2D eigenvalue weighted by Gasteiger charge is -2.08. The molecule has 0 heterocycles. The molecule has 110 valence electrons. The summed E-state index contributed by atoms with van der Waals surface area (Å²) in [6.45, 7) is 0.305. The van der Waals surface area contributed by atoms with Crippen molar-refractivity contribution in [3.05, 3.63) is 63.6 Å². The predicted octanol–water partition coefficient (Wildman–Crippen LogP) is 4.13. The van der Waals surface area contributed by atoms with Gasteiger partial charge in [0.25, 0.3) is 0 Å². The van der Waals surface area contributed by atoms with Crippen LogP contribution in [0.2, 0.25) is 0 Å². The van der Waals surface area contributed by atoms with Crippen LogP contribution in [0.3, 0.4) is 0 Å². The summed E-state index contributed by atoms with van der Waals surface area (Å²) in [4.78, 5) is 11.3. The molecule has 21 heavy (non-hydrogen) atoms. The zero-order valence-corrected chi connectivity index (χ0v) is 12.7. The SMILES string of the molecule is COC(=O)c1ccc(CNc2ccc(Br)c(F)c2)cc1F. The van der Waals surface area contributed by atoms with Gasteiger partial charge in [0.1, 0.15) is 11.6 Å². The van der Waals surface area contributed by atoms with Gasteiger partial charge in [-0.1, -0.05) is 6.07 Å². The van der Waals surface area contributed by atoms with E-state index in [0.717, 1.165) is 0 Å². The fourth-order valence-electron chi connectivity index (χ4n) is 1.75. The van der Waals surface area contributed by atoms with Crippen LogP contribution >= 0.6 is 15.9 Å². The van der Waals surface area contributed by atoms with Gasteiger partial charge in [0.15, 0.2) is 0 Å². The minimum absolute atomic E-state index is 0.115. The molecule has 1 N–H and O–H groups in total. The third-order valence-corrected chi connectivity index (χ3v) is 3.50. The molecule has 0 spiro atoms. The van der Waals surface area contributed by atoms with Crippen LogP contribution in [0.5, 0.6) is 0 Å². The Labute approximate surface area is 129 Å². The minimum Gasteiger partial charge on any atom is -0.465 e. The molecule has 0 amide bonds. The van der Waals surface area contributed by atoms with E-state index in [1.54, 1.807) is 18.2 Å². The van der Waals surface area contributed by atoms with E-state index in [9.17, 15) is 13.6 Å². The van der Waals surface area contributed by atoms with Crippen molar-refractivity contribution in [3.8, 4) is 0 Å². The van der Waals surface area contributed by atoms with E-state index in [-0.39, 0.29) is 11.4 Å². The van der Waals surface area contributed by atoms with Crippen molar-refractivity contribution in [3.63, 3.8) is 0 Å². The Morgan fingerprint density at radius 1 is 1.19 bits per heavy atom. The standard InChI is InChI=1S/C15H12BrF2NO2/c1-21-15(20)11-4-2-9(6-13(11)17)8-19-10-3-5-12(16)14(18)7-10/h2-7,19H,8H2,1H3. The van der Waals surface area contributed by atoms with Crippen LogP contribution < -0.4 is 5.32 Å². The molecule has 0 aliphatic heterocycles. The third-order valence-electron chi connectivity index (χ3n) is 2.86. The third kappa shape index (κ3) is 3.78. The second kappa shape index (κ2) is 6.67. The van der Waals surface area contributed by atoms with E-state index in [2.05, 4.69) is 26.0 Å². The van der Waals surface area contributed by atoms with Crippen LogP contribution in [0.15, 0.2) is 40.9 Å². The van der Waals surface area contributed by atoms with E-state index in [0.29, 0.717) is 22.3 Å². The van der Waals surface area contributed by atoms with Crippen molar-refractivity contribution in [1.29, 1.82) is 0 Å². The number of carbonyl (C=O) groups is 1. The molecule has 0 bridgehead atoms. The fraction of sp³-hybridized carbons (Fsp3) is 0.133. The van der Waals surface area contributed by atoms with Gasteiger partial charge in [-0.3, -0.25) is 0 Å². The van der Waals surface area contributed by atoms with Gasteiger partial charge in [-0.05, 0) is 51.8 Å². The maximum atomic E-state index is 13.7. The van der Waals surface area contributed by atoms with Crippen molar-refractivity contribution in [1.82, 2.24) is 0 Å². The maximum absolute atomic E-state index is 13.7. The molecule has 0 saturated heterocycles. The average Bonchev–Trinajstić information content (AvgIpc) is 2.48. The number of hydrogen-bond acceptors (Lipinski definition) is 3. The lowest BCUT2D eigenvalue weighted by atomic mass is 10.1. The van der Waals surface area contributed by atoms with Crippen molar-refractivity contribution < 1.29 is 18.3 Å². The van der Waals surface area contributed by atoms with Gasteiger partial charge >= 0.3 is 5.97 Å². The number of methoxy groups -OCH3 is 1. The number of halogens is 3. The van der Waals surface area contributed by atoms with E-state index >= 15 is 0 Å². The molecule has 0 saturated carbocycles. The van der Waals surface area contributed by atoms with Gasteiger partial charge < -0.3 is 10.1 Å². The molecule has 2 aromatic rings. The van der Waals surface area contributed by atoms with E-state index in [1.165, 1.54) is 25.3 Å². The number of rotatable bonds is 4. The number of benzene rings is 2. The second-order valence-electron chi connectivity index (χ2n) is 4.29. The first kappa shape index (κ1) is 15.4. The highest BCUT2D eigenvalue weighted by Crippen LogP contribution is 2.20. The van der Waals surface area contributed by atoms with E-state index in [4.69, 9.17) is 0 Å². The predicted molar refractivity (Wildman–Crippen MR) is 79.2 cm³/mol. The second-order valence-corrected chi connectivity index (χ2v) is 5.14. The summed E-state index contributed by atoms with van der Waals surface area (Å²) in [7, 11) is 1.19. The number of ether oxygens (including phenoxy) is 1. The molecular formula is C15H12BrF2NO2. The molecule has 3 nitrogen and oxygen atoms in total. The molecule has 0 aliphatic rings. The molecule has 0 atom stereocenters. The molecule has 2 aromatic carbocycles. The molecule has 0 radical (unpaired) electrons. The van der Waals surface area contributed by atoms with Gasteiger partial charge in [-0.15, -0.1) is 0 Å². The number of anilines is 1. The van der Waals surface area contributed by atoms with Crippen LogP contribution in [0, 0.1) is 11.6 Å². The largest absolute Gasteiger partial charge is 0.465 e. The Morgan fingerprint density at radius 2 is 1.95 bits per heavy atom. The van der Waals surface area contributed by atoms with Crippen molar-refractivity contribution in [2.24, 2.45) is 0 Å².